The number of methoxy groups -OCH3 is 1. The zero-order chi connectivity index (χ0) is 20.8. The number of halogens is 2. The number of thioether (sulfide) groups is 1. The van der Waals surface area contributed by atoms with Crippen molar-refractivity contribution >= 4 is 23.4 Å². The lowest BCUT2D eigenvalue weighted by atomic mass is 10.0. The number of anilines is 1. The maximum atomic E-state index is 13.4. The summed E-state index contributed by atoms with van der Waals surface area (Å²) in [5.74, 6) is -0.115. The molecule has 0 saturated carbocycles. The average molecular weight is 413 g/mol. The highest BCUT2D eigenvalue weighted by Gasteiger charge is 2.23. The second kappa shape index (κ2) is 9.56. The van der Waals surface area contributed by atoms with Crippen molar-refractivity contribution in [2.75, 3.05) is 12.4 Å². The number of ether oxygens (including phenoxy) is 1. The Morgan fingerprint density at radius 2 is 1.34 bits per heavy atom. The van der Waals surface area contributed by atoms with Gasteiger partial charge in [0.25, 0.3) is 0 Å². The Morgan fingerprint density at radius 3 is 1.79 bits per heavy atom. The van der Waals surface area contributed by atoms with Crippen LogP contribution in [0, 0.1) is 11.6 Å². The van der Waals surface area contributed by atoms with E-state index in [9.17, 15) is 13.6 Å². The molecule has 3 rings (SSSR count). The summed E-state index contributed by atoms with van der Waals surface area (Å²) in [6.45, 7) is 1.81. The van der Waals surface area contributed by atoms with Gasteiger partial charge in [0.05, 0.1) is 17.6 Å². The molecule has 0 bridgehead atoms. The van der Waals surface area contributed by atoms with E-state index >= 15 is 0 Å². The summed E-state index contributed by atoms with van der Waals surface area (Å²) in [5, 5.41) is 2.24. The molecular weight excluding hydrogens is 392 g/mol. The molecule has 1 N–H and O–H groups in total. The normalized spacial score (nSPS) is 11.9. The molecule has 29 heavy (non-hydrogen) atoms. The summed E-state index contributed by atoms with van der Waals surface area (Å²) in [6, 6.07) is 19.4. The minimum atomic E-state index is -0.405. The fourth-order valence-electron chi connectivity index (χ4n) is 2.81. The number of hydrogen-bond donors (Lipinski definition) is 1. The largest absolute Gasteiger partial charge is 0.497 e. The first-order chi connectivity index (χ1) is 14.0. The minimum Gasteiger partial charge on any atom is -0.497 e. The first kappa shape index (κ1) is 20.9. The van der Waals surface area contributed by atoms with E-state index in [-0.39, 0.29) is 22.8 Å². The van der Waals surface area contributed by atoms with Gasteiger partial charge in [0, 0.05) is 5.69 Å². The quantitative estimate of drug-likeness (QED) is 0.530. The fourth-order valence-corrected chi connectivity index (χ4v) is 4.03. The molecule has 1 atom stereocenters. The molecule has 0 spiro atoms. The highest BCUT2D eigenvalue weighted by atomic mass is 32.2. The Hall–Kier alpha value is -2.86. The summed E-state index contributed by atoms with van der Waals surface area (Å²) in [4.78, 5) is 12.7. The standard InChI is InChI=1S/C23H21F2NO2S/c1-15(23(27)26-20-11-13-21(28-2)14-12-20)29-22(16-3-7-18(24)8-4-16)17-5-9-19(25)10-6-17/h3-15,22H,1-2H3,(H,26,27)/t15-/m0/s1. The Balaban J connectivity index is 1.77. The number of carbonyl (C=O) groups excluding carboxylic acids is 1. The SMILES string of the molecule is COc1ccc(NC(=O)[C@H](C)SC(c2ccc(F)cc2)c2ccc(F)cc2)cc1. The molecule has 0 heterocycles. The molecule has 150 valence electrons. The van der Waals surface area contributed by atoms with Gasteiger partial charge >= 0.3 is 0 Å². The number of rotatable bonds is 7. The van der Waals surface area contributed by atoms with E-state index in [1.54, 1.807) is 55.6 Å². The van der Waals surface area contributed by atoms with Gasteiger partial charge in [-0.25, -0.2) is 8.78 Å². The van der Waals surface area contributed by atoms with Crippen LogP contribution in [0.4, 0.5) is 14.5 Å². The summed E-state index contributed by atoms with van der Waals surface area (Å²) in [6.07, 6.45) is 0. The van der Waals surface area contributed by atoms with Crippen LogP contribution in [0.1, 0.15) is 23.3 Å². The van der Waals surface area contributed by atoms with E-state index in [1.807, 2.05) is 6.92 Å². The van der Waals surface area contributed by atoms with Crippen LogP contribution >= 0.6 is 11.8 Å². The summed E-state index contributed by atoms with van der Waals surface area (Å²) < 4.78 is 31.8. The Kier molecular flexibility index (Phi) is 6.88. The second-order valence-electron chi connectivity index (χ2n) is 6.48. The number of carbonyl (C=O) groups is 1. The topological polar surface area (TPSA) is 38.3 Å². The third-order valence-corrected chi connectivity index (χ3v) is 5.85. The molecule has 0 unspecified atom stereocenters. The number of hydrogen-bond acceptors (Lipinski definition) is 3. The predicted molar refractivity (Wildman–Crippen MR) is 113 cm³/mol. The van der Waals surface area contributed by atoms with Crippen LogP contribution in [-0.4, -0.2) is 18.3 Å². The molecule has 0 fully saturated rings. The maximum Gasteiger partial charge on any atom is 0.237 e. The predicted octanol–water partition coefficient (Wildman–Crippen LogP) is 5.82. The third kappa shape index (κ3) is 5.57. The minimum absolute atomic E-state index is 0.158. The van der Waals surface area contributed by atoms with Crippen LogP contribution in [0.15, 0.2) is 72.8 Å². The van der Waals surface area contributed by atoms with Crippen LogP contribution in [0.25, 0.3) is 0 Å². The second-order valence-corrected chi connectivity index (χ2v) is 7.93. The van der Waals surface area contributed by atoms with E-state index < -0.39 is 5.25 Å². The van der Waals surface area contributed by atoms with Crippen molar-refractivity contribution in [3.05, 3.63) is 95.6 Å². The number of amides is 1. The number of nitrogens with one attached hydrogen (secondary N) is 1. The summed E-state index contributed by atoms with van der Waals surface area (Å²) in [7, 11) is 1.58. The highest BCUT2D eigenvalue weighted by molar-refractivity contribution is 8.01. The van der Waals surface area contributed by atoms with Crippen LogP contribution in [0.2, 0.25) is 0 Å². The monoisotopic (exact) mass is 413 g/mol. The van der Waals surface area contributed by atoms with Crippen LogP contribution in [0.3, 0.4) is 0 Å². The molecule has 6 heteroatoms. The van der Waals surface area contributed by atoms with Gasteiger partial charge in [0.15, 0.2) is 0 Å². The van der Waals surface area contributed by atoms with Crippen molar-refractivity contribution in [3.8, 4) is 5.75 Å². The Bertz CT molecular complexity index is 899. The molecule has 3 aromatic rings. The van der Waals surface area contributed by atoms with Gasteiger partial charge < -0.3 is 10.1 Å². The van der Waals surface area contributed by atoms with Gasteiger partial charge in [-0.2, -0.15) is 0 Å². The molecule has 0 radical (unpaired) electrons. The smallest absolute Gasteiger partial charge is 0.237 e. The summed E-state index contributed by atoms with van der Waals surface area (Å²) in [5.41, 5.74) is 2.35. The van der Waals surface area contributed by atoms with Crippen molar-refractivity contribution in [1.82, 2.24) is 0 Å². The first-order valence-electron chi connectivity index (χ1n) is 9.07. The van der Waals surface area contributed by atoms with Crippen LogP contribution < -0.4 is 10.1 Å². The van der Waals surface area contributed by atoms with Crippen molar-refractivity contribution in [2.45, 2.75) is 17.4 Å². The molecule has 3 nitrogen and oxygen atoms in total. The maximum absolute atomic E-state index is 13.4. The lowest BCUT2D eigenvalue weighted by Gasteiger charge is -2.22. The molecule has 0 aromatic heterocycles. The highest BCUT2D eigenvalue weighted by Crippen LogP contribution is 2.38. The van der Waals surface area contributed by atoms with E-state index in [1.165, 1.54) is 36.0 Å². The fraction of sp³-hybridized carbons (Fsp3) is 0.174. The van der Waals surface area contributed by atoms with Gasteiger partial charge in [-0.1, -0.05) is 24.3 Å². The Morgan fingerprint density at radius 1 is 0.862 bits per heavy atom. The summed E-state index contributed by atoms with van der Waals surface area (Å²) >= 11 is 1.42. The van der Waals surface area contributed by atoms with E-state index in [0.717, 1.165) is 11.1 Å². The van der Waals surface area contributed by atoms with Gasteiger partial charge in [-0.05, 0) is 66.6 Å². The lowest BCUT2D eigenvalue weighted by molar-refractivity contribution is -0.115. The number of benzene rings is 3. The molecule has 0 aliphatic heterocycles. The average Bonchev–Trinajstić information content (AvgIpc) is 2.74. The van der Waals surface area contributed by atoms with Crippen molar-refractivity contribution in [1.29, 1.82) is 0 Å². The zero-order valence-electron chi connectivity index (χ0n) is 16.1. The molecule has 0 saturated heterocycles. The third-order valence-electron chi connectivity index (χ3n) is 4.41. The molecule has 0 aliphatic rings. The first-order valence-corrected chi connectivity index (χ1v) is 10.0. The van der Waals surface area contributed by atoms with Gasteiger partial charge in [-0.15, -0.1) is 11.8 Å². The van der Waals surface area contributed by atoms with Crippen LogP contribution in [-0.2, 0) is 4.79 Å². The van der Waals surface area contributed by atoms with Crippen molar-refractivity contribution in [2.24, 2.45) is 0 Å². The molecule has 0 aliphatic carbocycles. The van der Waals surface area contributed by atoms with Crippen molar-refractivity contribution in [3.63, 3.8) is 0 Å². The Labute approximate surface area is 173 Å². The lowest BCUT2D eigenvalue weighted by Crippen LogP contribution is -2.23. The zero-order valence-corrected chi connectivity index (χ0v) is 16.9. The van der Waals surface area contributed by atoms with E-state index in [4.69, 9.17) is 4.74 Å². The van der Waals surface area contributed by atoms with E-state index in [0.29, 0.717) is 11.4 Å². The molecular formula is C23H21F2NO2S. The molecule has 3 aromatic carbocycles. The van der Waals surface area contributed by atoms with Gasteiger partial charge in [0.1, 0.15) is 17.4 Å². The van der Waals surface area contributed by atoms with Gasteiger partial charge in [0.2, 0.25) is 5.91 Å². The van der Waals surface area contributed by atoms with Gasteiger partial charge in [-0.3, -0.25) is 4.79 Å². The van der Waals surface area contributed by atoms with Crippen molar-refractivity contribution < 1.29 is 18.3 Å². The van der Waals surface area contributed by atoms with Crippen LogP contribution in [0.5, 0.6) is 5.75 Å². The van der Waals surface area contributed by atoms with E-state index in [2.05, 4.69) is 5.32 Å². The molecule has 1 amide bonds.